The van der Waals surface area contributed by atoms with Crippen molar-refractivity contribution in [3.63, 3.8) is 0 Å². The fourth-order valence-electron chi connectivity index (χ4n) is 0.352. The van der Waals surface area contributed by atoms with E-state index >= 15 is 0 Å². The number of nitrogens with zero attached hydrogens (tertiary/aromatic N) is 3. The second-order valence-corrected chi connectivity index (χ2v) is 1.77. The molecule has 1 aromatic rings. The maximum Gasteiger partial charge on any atom is 0.515 e. The highest BCUT2D eigenvalue weighted by atomic mass is 32.1. The molecule has 6 heteroatoms. The normalized spacial score (nSPS) is 9.33. The Balaban J connectivity index is 3.34. The molecule has 0 fully saturated rings. The van der Waals surface area contributed by atoms with E-state index in [1.807, 2.05) is 0 Å². The first-order chi connectivity index (χ1) is 4.20. The van der Waals surface area contributed by atoms with Crippen LogP contribution in [0.25, 0.3) is 0 Å². The van der Waals surface area contributed by atoms with E-state index < -0.39 is 5.69 Å². The Morgan fingerprint density at radius 3 is 3.00 bits per heavy atom. The number of hydrogen-bond acceptors (Lipinski definition) is 4. The molecule has 0 radical (unpaired) electrons. The molecule has 0 aliphatic rings. The van der Waals surface area contributed by atoms with Gasteiger partial charge in [-0.25, -0.2) is 4.79 Å². The van der Waals surface area contributed by atoms with Gasteiger partial charge in [-0.05, 0) is 9.71 Å². The Morgan fingerprint density at radius 1 is 1.89 bits per heavy atom. The highest BCUT2D eigenvalue weighted by Crippen LogP contribution is 1.57. The van der Waals surface area contributed by atoms with E-state index in [2.05, 4.69) is 17.8 Å². The molecule has 0 spiro atoms. The molecule has 9 heavy (non-hydrogen) atoms. The van der Waals surface area contributed by atoms with Gasteiger partial charge in [-0.15, -0.1) is 0 Å². The lowest BCUT2D eigenvalue weighted by Crippen LogP contribution is -2.36. The Morgan fingerprint density at radius 2 is 2.56 bits per heavy atom. The predicted molar refractivity (Wildman–Crippen MR) is 28.6 cm³/mol. The van der Waals surface area contributed by atoms with Crippen molar-refractivity contribution >= 4 is 12.8 Å². The minimum absolute atomic E-state index is 0.312. The monoisotopic (exact) mass is 145 g/mol. The lowest BCUT2D eigenvalue weighted by molar-refractivity contribution is -0.507. The predicted octanol–water partition coefficient (Wildman–Crippen LogP) is -1.92. The van der Waals surface area contributed by atoms with E-state index in [0.29, 0.717) is 4.73 Å². The summed E-state index contributed by atoms with van der Waals surface area (Å²) in [7, 11) is 0. The standard InChI is InChI=1S/C3H3N3O2S/c7-3-4-1-5(9)2-6(3)8/h1-2,8H. The highest BCUT2D eigenvalue weighted by molar-refractivity contribution is 7.50. The third-order valence-electron chi connectivity index (χ3n) is 0.701. The van der Waals surface area contributed by atoms with Gasteiger partial charge in [0, 0.05) is 0 Å². The topological polar surface area (TPSA) is 59.0 Å². The van der Waals surface area contributed by atoms with E-state index in [1.54, 1.807) is 0 Å². The van der Waals surface area contributed by atoms with Crippen LogP contribution in [0, 0.1) is 0 Å². The summed E-state index contributed by atoms with van der Waals surface area (Å²) in [6.45, 7) is 0. The summed E-state index contributed by atoms with van der Waals surface area (Å²) in [5, 5.41) is 8.55. The molecular formula is C3H3N3O2S. The summed E-state index contributed by atoms with van der Waals surface area (Å²) < 4.78 is 1.36. The Bertz CT molecular complexity index is 270. The summed E-state index contributed by atoms with van der Waals surface area (Å²) in [5.41, 5.74) is -0.740. The van der Waals surface area contributed by atoms with Crippen molar-refractivity contribution in [1.82, 2.24) is 9.71 Å². The van der Waals surface area contributed by atoms with Crippen LogP contribution in [0.2, 0.25) is 0 Å². The maximum atomic E-state index is 10.3. The van der Waals surface area contributed by atoms with Crippen molar-refractivity contribution < 1.29 is 9.18 Å². The zero-order chi connectivity index (χ0) is 6.85. The average molecular weight is 145 g/mol. The van der Waals surface area contributed by atoms with Crippen molar-refractivity contribution in [2.45, 2.75) is 0 Å². The third-order valence-corrected chi connectivity index (χ3v) is 0.890. The van der Waals surface area contributed by atoms with Gasteiger partial charge in [0.2, 0.25) is 12.7 Å². The van der Waals surface area contributed by atoms with Crippen molar-refractivity contribution in [3.05, 3.63) is 23.1 Å². The SMILES string of the molecule is O=c1nc[n+]([S-])cn1O. The van der Waals surface area contributed by atoms with Gasteiger partial charge in [0.1, 0.15) is 0 Å². The molecule has 5 nitrogen and oxygen atoms in total. The molecule has 1 heterocycles. The zero-order valence-electron chi connectivity index (χ0n) is 4.26. The summed E-state index contributed by atoms with van der Waals surface area (Å²) in [4.78, 5) is 13.5. The Labute approximate surface area is 55.7 Å². The van der Waals surface area contributed by atoms with Crippen LogP contribution in [-0.2, 0) is 12.8 Å². The van der Waals surface area contributed by atoms with Gasteiger partial charge in [-0.3, -0.25) is 0 Å². The van der Waals surface area contributed by atoms with Crippen LogP contribution in [0.5, 0.6) is 0 Å². The van der Waals surface area contributed by atoms with Crippen molar-refractivity contribution in [1.29, 1.82) is 0 Å². The quantitative estimate of drug-likeness (QED) is 0.262. The summed E-state index contributed by atoms with van der Waals surface area (Å²) in [6, 6.07) is 0. The van der Waals surface area contributed by atoms with E-state index in [9.17, 15) is 4.79 Å². The third kappa shape index (κ3) is 1.14. The summed E-state index contributed by atoms with van der Waals surface area (Å²) >= 11 is 4.49. The lowest BCUT2D eigenvalue weighted by Gasteiger charge is -1.97. The summed E-state index contributed by atoms with van der Waals surface area (Å²) in [5.74, 6) is 0. The van der Waals surface area contributed by atoms with Crippen LogP contribution in [0.15, 0.2) is 17.4 Å². The molecule has 0 aliphatic heterocycles. The highest BCUT2D eigenvalue weighted by Gasteiger charge is 1.96. The van der Waals surface area contributed by atoms with E-state index in [0.717, 1.165) is 16.6 Å². The van der Waals surface area contributed by atoms with E-state index in [4.69, 9.17) is 5.21 Å². The van der Waals surface area contributed by atoms with Crippen LogP contribution in [0.4, 0.5) is 0 Å². The van der Waals surface area contributed by atoms with Gasteiger partial charge in [-0.1, -0.05) is 0 Å². The first-order valence-corrected chi connectivity index (χ1v) is 2.43. The fraction of sp³-hybridized carbons (Fsp3) is 0. The largest absolute Gasteiger partial charge is 0.596 e. The van der Waals surface area contributed by atoms with Gasteiger partial charge in [0.05, 0.1) is 0 Å². The average Bonchev–Trinajstić information content (AvgIpc) is 1.80. The number of aromatic nitrogens is 3. The van der Waals surface area contributed by atoms with Crippen molar-refractivity contribution in [2.75, 3.05) is 0 Å². The van der Waals surface area contributed by atoms with Crippen molar-refractivity contribution in [3.8, 4) is 0 Å². The molecule has 0 bridgehead atoms. The van der Waals surface area contributed by atoms with E-state index in [1.165, 1.54) is 0 Å². The second kappa shape index (κ2) is 1.98. The molecule has 0 saturated heterocycles. The molecule has 1 aromatic heterocycles. The molecular weight excluding hydrogens is 142 g/mol. The van der Waals surface area contributed by atoms with Crippen LogP contribution in [0.3, 0.4) is 0 Å². The van der Waals surface area contributed by atoms with Gasteiger partial charge in [0.25, 0.3) is 0 Å². The van der Waals surface area contributed by atoms with Gasteiger partial charge >= 0.3 is 5.69 Å². The van der Waals surface area contributed by atoms with Gasteiger partial charge in [-0.2, -0.15) is 0 Å². The van der Waals surface area contributed by atoms with Crippen LogP contribution >= 0.6 is 0 Å². The summed E-state index contributed by atoms with van der Waals surface area (Å²) in [6.07, 6.45) is 2.16. The zero-order valence-corrected chi connectivity index (χ0v) is 5.08. The molecule has 0 saturated carbocycles. The van der Waals surface area contributed by atoms with E-state index in [-0.39, 0.29) is 0 Å². The van der Waals surface area contributed by atoms with Crippen LogP contribution < -0.4 is 9.66 Å². The molecule has 0 aliphatic carbocycles. The Kier molecular flexibility index (Phi) is 1.31. The molecule has 0 atom stereocenters. The minimum Gasteiger partial charge on any atom is -0.596 e. The molecule has 48 valence electrons. The maximum absolute atomic E-state index is 10.3. The van der Waals surface area contributed by atoms with Crippen LogP contribution in [-0.4, -0.2) is 14.9 Å². The lowest BCUT2D eigenvalue weighted by atomic mass is 11.0. The van der Waals surface area contributed by atoms with Crippen LogP contribution in [0.1, 0.15) is 0 Å². The van der Waals surface area contributed by atoms with Crippen molar-refractivity contribution in [2.24, 2.45) is 0 Å². The van der Waals surface area contributed by atoms with Gasteiger partial charge < -0.3 is 22.0 Å². The smallest absolute Gasteiger partial charge is 0.515 e. The molecule has 0 unspecified atom stereocenters. The second-order valence-electron chi connectivity index (χ2n) is 1.35. The molecule has 1 N–H and O–H groups in total. The first-order valence-electron chi connectivity index (χ1n) is 2.07. The molecule has 0 amide bonds. The molecule has 0 aromatic carbocycles. The number of rotatable bonds is 0. The Hall–Kier alpha value is -1.17. The minimum atomic E-state index is -0.740. The fourth-order valence-corrected chi connectivity index (χ4v) is 0.489. The first kappa shape index (κ1) is 5.96. The molecule has 1 rings (SSSR count). The number of hydrogen-bond donors (Lipinski definition) is 1. The van der Waals surface area contributed by atoms with Gasteiger partial charge in [0.15, 0.2) is 0 Å².